The summed E-state index contributed by atoms with van der Waals surface area (Å²) >= 11 is 4.28. The highest BCUT2D eigenvalue weighted by Gasteiger charge is 1.99. The van der Waals surface area contributed by atoms with Crippen molar-refractivity contribution in [2.45, 2.75) is 18.7 Å². The van der Waals surface area contributed by atoms with Gasteiger partial charge in [-0.05, 0) is 48.2 Å². The predicted molar refractivity (Wildman–Crippen MR) is 68.6 cm³/mol. The third-order valence-electron chi connectivity index (χ3n) is 2.71. The van der Waals surface area contributed by atoms with E-state index in [0.29, 0.717) is 0 Å². The summed E-state index contributed by atoms with van der Waals surface area (Å²) in [6.07, 6.45) is 0. The molecule has 76 valence electrons. The van der Waals surface area contributed by atoms with E-state index in [1.165, 1.54) is 22.3 Å². The van der Waals surface area contributed by atoms with Crippen molar-refractivity contribution in [3.63, 3.8) is 0 Å². The van der Waals surface area contributed by atoms with E-state index in [1.54, 1.807) is 0 Å². The third kappa shape index (κ3) is 2.24. The first-order chi connectivity index (χ1) is 7.16. The van der Waals surface area contributed by atoms with E-state index < -0.39 is 0 Å². The summed E-state index contributed by atoms with van der Waals surface area (Å²) in [6.45, 7) is 4.28. The number of thiol groups is 1. The maximum atomic E-state index is 4.28. The zero-order valence-corrected chi connectivity index (χ0v) is 9.88. The number of aryl methyl sites for hydroxylation is 2. The fourth-order valence-electron chi connectivity index (χ4n) is 1.57. The zero-order chi connectivity index (χ0) is 10.8. The summed E-state index contributed by atoms with van der Waals surface area (Å²) in [5.41, 5.74) is 5.19. The molecule has 0 radical (unpaired) electrons. The molecule has 0 amide bonds. The molecule has 2 aromatic rings. The molecular weight excluding hydrogens is 200 g/mol. The van der Waals surface area contributed by atoms with Gasteiger partial charge in [-0.15, -0.1) is 12.6 Å². The van der Waals surface area contributed by atoms with Crippen LogP contribution in [0.5, 0.6) is 0 Å². The van der Waals surface area contributed by atoms with E-state index in [0.717, 1.165) is 4.90 Å². The lowest BCUT2D eigenvalue weighted by molar-refractivity contribution is 1.34. The molecule has 0 unspecified atom stereocenters. The second-order valence-electron chi connectivity index (χ2n) is 3.85. The Morgan fingerprint density at radius 1 is 0.733 bits per heavy atom. The van der Waals surface area contributed by atoms with Crippen molar-refractivity contribution in [1.82, 2.24) is 0 Å². The van der Waals surface area contributed by atoms with Crippen LogP contribution in [0.2, 0.25) is 0 Å². The maximum Gasteiger partial charge on any atom is 0.00404 e. The van der Waals surface area contributed by atoms with Gasteiger partial charge >= 0.3 is 0 Å². The summed E-state index contributed by atoms with van der Waals surface area (Å²) in [5.74, 6) is 0. The largest absolute Gasteiger partial charge is 0.143 e. The second kappa shape index (κ2) is 4.11. The van der Waals surface area contributed by atoms with Gasteiger partial charge in [0.15, 0.2) is 0 Å². The van der Waals surface area contributed by atoms with Crippen LogP contribution in [0.3, 0.4) is 0 Å². The van der Waals surface area contributed by atoms with Crippen molar-refractivity contribution in [1.29, 1.82) is 0 Å². The van der Waals surface area contributed by atoms with Gasteiger partial charge in [0.05, 0.1) is 0 Å². The molecule has 15 heavy (non-hydrogen) atoms. The van der Waals surface area contributed by atoms with Gasteiger partial charge in [0.1, 0.15) is 0 Å². The van der Waals surface area contributed by atoms with E-state index in [1.807, 2.05) is 12.1 Å². The molecule has 0 N–H and O–H groups in total. The molecule has 0 aliphatic carbocycles. The molecule has 1 heteroatoms. The Labute approximate surface area is 96.4 Å². The van der Waals surface area contributed by atoms with Gasteiger partial charge in [0.25, 0.3) is 0 Å². The van der Waals surface area contributed by atoms with Crippen LogP contribution < -0.4 is 0 Å². The Morgan fingerprint density at radius 2 is 1.33 bits per heavy atom. The van der Waals surface area contributed by atoms with Gasteiger partial charge < -0.3 is 0 Å². The van der Waals surface area contributed by atoms with Crippen LogP contribution >= 0.6 is 12.6 Å². The monoisotopic (exact) mass is 214 g/mol. The first-order valence-corrected chi connectivity index (χ1v) is 5.48. The van der Waals surface area contributed by atoms with Crippen molar-refractivity contribution in [2.24, 2.45) is 0 Å². The van der Waals surface area contributed by atoms with Crippen molar-refractivity contribution < 1.29 is 0 Å². The molecule has 0 nitrogen and oxygen atoms in total. The lowest BCUT2D eigenvalue weighted by Gasteiger charge is -2.05. The Balaban J connectivity index is 2.45. The number of hydrogen-bond donors (Lipinski definition) is 1. The lowest BCUT2D eigenvalue weighted by Crippen LogP contribution is -1.83. The molecule has 2 rings (SSSR count). The Bertz CT molecular complexity index is 469. The minimum Gasteiger partial charge on any atom is -0.143 e. The van der Waals surface area contributed by atoms with Gasteiger partial charge in [-0.2, -0.15) is 0 Å². The Morgan fingerprint density at radius 3 is 1.93 bits per heavy atom. The molecule has 0 saturated carbocycles. The highest BCUT2D eigenvalue weighted by atomic mass is 32.1. The van der Waals surface area contributed by atoms with Crippen molar-refractivity contribution in [3.05, 3.63) is 53.6 Å². The van der Waals surface area contributed by atoms with Gasteiger partial charge in [-0.3, -0.25) is 0 Å². The molecular formula is C14H14S. The summed E-state index contributed by atoms with van der Waals surface area (Å²) in [7, 11) is 0. The topological polar surface area (TPSA) is 0 Å². The van der Waals surface area contributed by atoms with E-state index in [4.69, 9.17) is 0 Å². The van der Waals surface area contributed by atoms with Crippen LogP contribution in [0.4, 0.5) is 0 Å². The molecule has 0 fully saturated rings. The van der Waals surface area contributed by atoms with Crippen LogP contribution in [0.25, 0.3) is 11.1 Å². The SMILES string of the molecule is Cc1ccc(-c2ccc(S)cc2)cc1C. The van der Waals surface area contributed by atoms with Gasteiger partial charge in [0, 0.05) is 4.90 Å². The summed E-state index contributed by atoms with van der Waals surface area (Å²) in [6, 6.07) is 14.8. The minimum atomic E-state index is 1.00. The smallest absolute Gasteiger partial charge is 0.00404 e. The van der Waals surface area contributed by atoms with E-state index >= 15 is 0 Å². The number of benzene rings is 2. The van der Waals surface area contributed by atoms with Crippen molar-refractivity contribution in [3.8, 4) is 11.1 Å². The van der Waals surface area contributed by atoms with Crippen molar-refractivity contribution in [2.75, 3.05) is 0 Å². The first kappa shape index (κ1) is 10.3. The predicted octanol–water partition coefficient (Wildman–Crippen LogP) is 4.26. The van der Waals surface area contributed by atoms with Gasteiger partial charge in [0.2, 0.25) is 0 Å². The van der Waals surface area contributed by atoms with E-state index in [-0.39, 0.29) is 0 Å². The van der Waals surface area contributed by atoms with E-state index in [2.05, 4.69) is 56.8 Å². The molecule has 0 saturated heterocycles. The van der Waals surface area contributed by atoms with Crippen molar-refractivity contribution >= 4 is 12.6 Å². The van der Waals surface area contributed by atoms with Crippen LogP contribution in [0.1, 0.15) is 11.1 Å². The molecule has 0 aliphatic rings. The fourth-order valence-corrected chi connectivity index (χ4v) is 1.72. The number of hydrogen-bond acceptors (Lipinski definition) is 1. The highest BCUT2D eigenvalue weighted by Crippen LogP contribution is 2.23. The Kier molecular flexibility index (Phi) is 2.83. The molecule has 0 aromatic heterocycles. The second-order valence-corrected chi connectivity index (χ2v) is 4.36. The zero-order valence-electron chi connectivity index (χ0n) is 8.99. The van der Waals surface area contributed by atoms with Crippen LogP contribution in [0, 0.1) is 13.8 Å². The fraction of sp³-hybridized carbons (Fsp3) is 0.143. The molecule has 0 bridgehead atoms. The van der Waals surface area contributed by atoms with Crippen LogP contribution in [0.15, 0.2) is 47.4 Å². The van der Waals surface area contributed by atoms with Crippen LogP contribution in [-0.2, 0) is 0 Å². The normalized spacial score (nSPS) is 10.3. The first-order valence-electron chi connectivity index (χ1n) is 5.03. The number of rotatable bonds is 1. The molecule has 0 aliphatic heterocycles. The lowest BCUT2D eigenvalue weighted by atomic mass is 10.0. The van der Waals surface area contributed by atoms with Gasteiger partial charge in [-0.25, -0.2) is 0 Å². The van der Waals surface area contributed by atoms with Crippen LogP contribution in [-0.4, -0.2) is 0 Å². The average Bonchev–Trinajstić information content (AvgIpc) is 2.23. The summed E-state index contributed by atoms with van der Waals surface area (Å²) in [4.78, 5) is 1.00. The quantitative estimate of drug-likeness (QED) is 0.674. The van der Waals surface area contributed by atoms with E-state index in [9.17, 15) is 0 Å². The summed E-state index contributed by atoms with van der Waals surface area (Å²) < 4.78 is 0. The Hall–Kier alpha value is -1.21. The standard InChI is InChI=1S/C14H14S/c1-10-3-4-13(9-11(10)2)12-5-7-14(15)8-6-12/h3-9,15H,1-2H3. The molecule has 0 atom stereocenters. The van der Waals surface area contributed by atoms with Gasteiger partial charge in [-0.1, -0.05) is 30.3 Å². The molecule has 0 spiro atoms. The minimum absolute atomic E-state index is 1.00. The summed E-state index contributed by atoms with van der Waals surface area (Å²) in [5, 5.41) is 0. The highest BCUT2D eigenvalue weighted by molar-refractivity contribution is 7.80. The maximum absolute atomic E-state index is 4.28. The molecule has 0 heterocycles. The third-order valence-corrected chi connectivity index (χ3v) is 3.01. The average molecular weight is 214 g/mol. The molecule has 2 aromatic carbocycles.